The van der Waals surface area contributed by atoms with Crippen LogP contribution in [0.3, 0.4) is 0 Å². The smallest absolute Gasteiger partial charge is 0.0768 e. The third-order valence-electron chi connectivity index (χ3n) is 3.51. The predicted molar refractivity (Wildman–Crippen MR) is 62.0 cm³/mol. The summed E-state index contributed by atoms with van der Waals surface area (Å²) >= 11 is 0. The Morgan fingerprint density at radius 3 is 2.53 bits per heavy atom. The van der Waals surface area contributed by atoms with Gasteiger partial charge in [0.2, 0.25) is 0 Å². The van der Waals surface area contributed by atoms with Gasteiger partial charge in [-0.3, -0.25) is 4.90 Å². The van der Waals surface area contributed by atoms with Gasteiger partial charge in [0, 0.05) is 19.6 Å². The lowest BCUT2D eigenvalue weighted by Gasteiger charge is -2.37. The van der Waals surface area contributed by atoms with E-state index in [1.54, 1.807) is 0 Å². The van der Waals surface area contributed by atoms with E-state index >= 15 is 0 Å². The van der Waals surface area contributed by atoms with E-state index in [0.717, 1.165) is 45.5 Å². The first kappa shape index (κ1) is 12.9. The largest absolute Gasteiger partial charge is 0.389 e. The molecule has 1 aliphatic heterocycles. The Morgan fingerprint density at radius 2 is 2.00 bits per heavy atom. The van der Waals surface area contributed by atoms with E-state index in [2.05, 4.69) is 25.7 Å². The average Bonchev–Trinajstić information content (AvgIpc) is 2.29. The second-order valence-corrected chi connectivity index (χ2v) is 4.57. The van der Waals surface area contributed by atoms with Gasteiger partial charge in [0.05, 0.1) is 18.3 Å². The summed E-state index contributed by atoms with van der Waals surface area (Å²) in [6, 6.07) is 0. The maximum absolute atomic E-state index is 10.3. The SMILES string of the molecule is CCC1CN(CC(O)(CC)CC)CCO1. The van der Waals surface area contributed by atoms with Gasteiger partial charge in [0.1, 0.15) is 0 Å². The number of ether oxygens (including phenoxy) is 1. The van der Waals surface area contributed by atoms with Crippen LogP contribution >= 0.6 is 0 Å². The van der Waals surface area contributed by atoms with Gasteiger partial charge in [0.15, 0.2) is 0 Å². The first-order valence-electron chi connectivity index (χ1n) is 6.20. The van der Waals surface area contributed by atoms with Crippen LogP contribution in [-0.4, -0.2) is 48.0 Å². The van der Waals surface area contributed by atoms with E-state index in [1.807, 2.05) is 0 Å². The Balaban J connectivity index is 2.43. The minimum Gasteiger partial charge on any atom is -0.389 e. The molecule has 1 N–H and O–H groups in total. The summed E-state index contributed by atoms with van der Waals surface area (Å²) in [5.41, 5.74) is -0.504. The molecule has 0 radical (unpaired) electrons. The molecule has 0 spiro atoms. The van der Waals surface area contributed by atoms with Crippen LogP contribution in [0.1, 0.15) is 40.0 Å². The fraction of sp³-hybridized carbons (Fsp3) is 1.00. The average molecular weight is 215 g/mol. The van der Waals surface area contributed by atoms with Crippen LogP contribution in [0.4, 0.5) is 0 Å². The Kier molecular flexibility index (Phi) is 5.03. The highest BCUT2D eigenvalue weighted by Crippen LogP contribution is 2.18. The van der Waals surface area contributed by atoms with Gasteiger partial charge in [-0.25, -0.2) is 0 Å². The van der Waals surface area contributed by atoms with Crippen LogP contribution < -0.4 is 0 Å². The Hall–Kier alpha value is -0.120. The van der Waals surface area contributed by atoms with Crippen LogP contribution in [0.25, 0.3) is 0 Å². The number of morpholine rings is 1. The molecule has 15 heavy (non-hydrogen) atoms. The summed E-state index contributed by atoms with van der Waals surface area (Å²) in [6.07, 6.45) is 3.08. The van der Waals surface area contributed by atoms with E-state index in [0.29, 0.717) is 6.10 Å². The monoisotopic (exact) mass is 215 g/mol. The molecule has 1 unspecified atom stereocenters. The Bertz CT molecular complexity index is 180. The summed E-state index contributed by atoms with van der Waals surface area (Å²) in [5.74, 6) is 0. The van der Waals surface area contributed by atoms with Gasteiger partial charge >= 0.3 is 0 Å². The van der Waals surface area contributed by atoms with Crippen molar-refractivity contribution in [2.24, 2.45) is 0 Å². The van der Waals surface area contributed by atoms with Crippen molar-refractivity contribution >= 4 is 0 Å². The molecule has 90 valence electrons. The Morgan fingerprint density at radius 1 is 1.33 bits per heavy atom. The van der Waals surface area contributed by atoms with E-state index in [4.69, 9.17) is 4.74 Å². The second kappa shape index (κ2) is 5.83. The predicted octanol–water partition coefficient (Wildman–Crippen LogP) is 1.65. The summed E-state index contributed by atoms with van der Waals surface area (Å²) in [6.45, 7) is 9.79. The number of hydrogen-bond acceptors (Lipinski definition) is 3. The third-order valence-corrected chi connectivity index (χ3v) is 3.51. The first-order valence-corrected chi connectivity index (χ1v) is 6.20. The highest BCUT2D eigenvalue weighted by Gasteiger charge is 2.28. The van der Waals surface area contributed by atoms with Crippen LogP contribution in [0.15, 0.2) is 0 Å². The van der Waals surface area contributed by atoms with Gasteiger partial charge in [0.25, 0.3) is 0 Å². The molecule has 1 rings (SSSR count). The van der Waals surface area contributed by atoms with E-state index < -0.39 is 5.60 Å². The fourth-order valence-electron chi connectivity index (χ4n) is 2.06. The highest BCUT2D eigenvalue weighted by atomic mass is 16.5. The summed E-state index contributed by atoms with van der Waals surface area (Å²) in [4.78, 5) is 2.34. The van der Waals surface area contributed by atoms with Crippen molar-refractivity contribution in [3.05, 3.63) is 0 Å². The van der Waals surface area contributed by atoms with E-state index in [1.165, 1.54) is 0 Å². The zero-order valence-corrected chi connectivity index (χ0v) is 10.3. The lowest BCUT2D eigenvalue weighted by molar-refractivity contribution is -0.0673. The zero-order valence-electron chi connectivity index (χ0n) is 10.3. The van der Waals surface area contributed by atoms with Gasteiger partial charge in [-0.2, -0.15) is 0 Å². The molecule has 3 nitrogen and oxygen atoms in total. The Labute approximate surface area is 93.4 Å². The highest BCUT2D eigenvalue weighted by molar-refractivity contribution is 4.82. The first-order chi connectivity index (χ1) is 7.13. The summed E-state index contributed by atoms with van der Waals surface area (Å²) in [7, 11) is 0. The molecule has 1 heterocycles. The van der Waals surface area contributed by atoms with Crippen molar-refractivity contribution in [2.45, 2.75) is 51.7 Å². The lowest BCUT2D eigenvalue weighted by Crippen LogP contribution is -2.49. The molecule has 0 aromatic heterocycles. The fourth-order valence-corrected chi connectivity index (χ4v) is 2.06. The molecule has 1 atom stereocenters. The van der Waals surface area contributed by atoms with Crippen LogP contribution in [0, 0.1) is 0 Å². The van der Waals surface area contributed by atoms with Crippen LogP contribution in [0.5, 0.6) is 0 Å². The number of aliphatic hydroxyl groups is 1. The maximum atomic E-state index is 10.3. The molecule has 1 saturated heterocycles. The number of rotatable bonds is 5. The molecular weight excluding hydrogens is 190 g/mol. The third kappa shape index (κ3) is 3.74. The number of nitrogens with zero attached hydrogens (tertiary/aromatic N) is 1. The van der Waals surface area contributed by atoms with Gasteiger partial charge in [-0.15, -0.1) is 0 Å². The summed E-state index contributed by atoms with van der Waals surface area (Å²) < 4.78 is 5.62. The van der Waals surface area contributed by atoms with Crippen LogP contribution in [0.2, 0.25) is 0 Å². The van der Waals surface area contributed by atoms with E-state index in [9.17, 15) is 5.11 Å². The minimum atomic E-state index is -0.504. The molecule has 0 aliphatic carbocycles. The normalized spacial score (nSPS) is 24.4. The van der Waals surface area contributed by atoms with Gasteiger partial charge in [-0.05, 0) is 19.3 Å². The summed E-state index contributed by atoms with van der Waals surface area (Å²) in [5, 5.41) is 10.3. The standard InChI is InChI=1S/C12H25NO2/c1-4-11-9-13(7-8-15-11)10-12(14,5-2)6-3/h11,14H,4-10H2,1-3H3. The molecule has 0 aromatic carbocycles. The van der Waals surface area contributed by atoms with Crippen molar-refractivity contribution in [3.63, 3.8) is 0 Å². The quantitative estimate of drug-likeness (QED) is 0.757. The molecule has 0 aromatic rings. The molecule has 0 saturated carbocycles. The molecular formula is C12H25NO2. The van der Waals surface area contributed by atoms with Crippen molar-refractivity contribution in [3.8, 4) is 0 Å². The van der Waals surface area contributed by atoms with Gasteiger partial charge < -0.3 is 9.84 Å². The molecule has 3 heteroatoms. The number of hydrogen-bond donors (Lipinski definition) is 1. The topological polar surface area (TPSA) is 32.7 Å². The molecule has 0 bridgehead atoms. The van der Waals surface area contributed by atoms with Crippen molar-refractivity contribution < 1.29 is 9.84 Å². The molecule has 1 aliphatic rings. The lowest BCUT2D eigenvalue weighted by atomic mass is 9.96. The van der Waals surface area contributed by atoms with Gasteiger partial charge in [-0.1, -0.05) is 20.8 Å². The maximum Gasteiger partial charge on any atom is 0.0768 e. The van der Waals surface area contributed by atoms with Crippen molar-refractivity contribution in [1.82, 2.24) is 4.90 Å². The second-order valence-electron chi connectivity index (χ2n) is 4.57. The van der Waals surface area contributed by atoms with Crippen molar-refractivity contribution in [1.29, 1.82) is 0 Å². The minimum absolute atomic E-state index is 0.358. The zero-order chi connectivity index (χ0) is 11.3. The van der Waals surface area contributed by atoms with Crippen molar-refractivity contribution in [2.75, 3.05) is 26.2 Å². The molecule has 0 amide bonds. The molecule has 1 fully saturated rings. The van der Waals surface area contributed by atoms with E-state index in [-0.39, 0.29) is 0 Å². The number of β-amino-alcohol motifs (C(OH)–C–C–N with tert-alkyl or cyclic N) is 1. The van der Waals surface area contributed by atoms with Crippen LogP contribution in [-0.2, 0) is 4.74 Å².